The Bertz CT molecular complexity index is 1220. The molecule has 3 aromatic rings. The number of benzene rings is 3. The molecule has 1 aliphatic rings. The van der Waals surface area contributed by atoms with Crippen LogP contribution in [-0.2, 0) is 4.79 Å². The van der Waals surface area contributed by atoms with Gasteiger partial charge in [-0.05, 0) is 61.5 Å². The first-order chi connectivity index (χ1) is 15.9. The predicted molar refractivity (Wildman–Crippen MR) is 128 cm³/mol. The van der Waals surface area contributed by atoms with Crippen molar-refractivity contribution in [2.24, 2.45) is 0 Å². The number of hydrazine groups is 1. The fourth-order valence-electron chi connectivity index (χ4n) is 3.67. The summed E-state index contributed by atoms with van der Waals surface area (Å²) < 4.78 is 6.91. The highest BCUT2D eigenvalue weighted by Crippen LogP contribution is 2.28. The lowest BCUT2D eigenvalue weighted by molar-refractivity contribution is -0.596. The lowest BCUT2D eigenvalue weighted by Crippen LogP contribution is -2.42. The normalized spacial score (nSPS) is 18.8. The van der Waals surface area contributed by atoms with E-state index in [1.807, 2.05) is 43.3 Å². The summed E-state index contributed by atoms with van der Waals surface area (Å²) >= 11 is 12.4. The van der Waals surface area contributed by atoms with Crippen molar-refractivity contribution in [2.45, 2.75) is 19.0 Å². The number of amides is 2. The number of methoxy groups -OCH3 is 1. The summed E-state index contributed by atoms with van der Waals surface area (Å²) in [6.07, 6.45) is 1.73. The third-order valence-corrected chi connectivity index (χ3v) is 6.00. The van der Waals surface area contributed by atoms with Crippen molar-refractivity contribution in [3.8, 4) is 5.75 Å². The number of hydrazone groups is 1. The number of hydrogen-bond donors (Lipinski definition) is 2. The molecular formula is C25H22Cl2N3O3+. The van der Waals surface area contributed by atoms with E-state index >= 15 is 0 Å². The van der Waals surface area contributed by atoms with Gasteiger partial charge in [0.05, 0.1) is 17.7 Å². The van der Waals surface area contributed by atoms with Crippen molar-refractivity contribution < 1.29 is 19.0 Å². The number of halogens is 2. The summed E-state index contributed by atoms with van der Waals surface area (Å²) in [6, 6.07) is 18.3. The van der Waals surface area contributed by atoms with Crippen LogP contribution in [0.3, 0.4) is 0 Å². The molecule has 3 aromatic carbocycles. The Balaban J connectivity index is 1.72. The molecule has 8 heteroatoms. The highest BCUT2D eigenvalue weighted by atomic mass is 35.5. The van der Waals surface area contributed by atoms with E-state index in [-0.39, 0.29) is 11.8 Å². The van der Waals surface area contributed by atoms with Gasteiger partial charge < -0.3 is 10.1 Å². The number of hydrogen-bond acceptors (Lipinski definition) is 3. The molecule has 168 valence electrons. The molecule has 6 nitrogen and oxygen atoms in total. The molecule has 1 saturated heterocycles. The Morgan fingerprint density at radius 1 is 1.06 bits per heavy atom. The molecule has 0 bridgehead atoms. The fourth-order valence-corrected chi connectivity index (χ4v) is 4.12. The number of rotatable bonds is 5. The Kier molecular flexibility index (Phi) is 6.67. The summed E-state index contributed by atoms with van der Waals surface area (Å²) in [7, 11) is 1.59. The Labute approximate surface area is 201 Å². The maximum Gasteiger partial charge on any atom is 0.304 e. The second-order valence-electron chi connectivity index (χ2n) is 7.71. The molecule has 1 heterocycles. The number of nitrogens with one attached hydrogen (secondary N) is 2. The molecule has 2 amide bonds. The molecule has 0 radical (unpaired) electrons. The molecule has 1 aliphatic heterocycles. The summed E-state index contributed by atoms with van der Waals surface area (Å²) in [5.41, 5.74) is 5.84. The number of carbonyl (C=O) groups excluding carboxylic acids is 2. The maximum absolute atomic E-state index is 13.0. The lowest BCUT2D eigenvalue weighted by Gasteiger charge is -2.15. The van der Waals surface area contributed by atoms with Gasteiger partial charge >= 0.3 is 5.91 Å². The first kappa shape index (κ1) is 22.8. The van der Waals surface area contributed by atoms with Crippen LogP contribution in [0.5, 0.6) is 5.75 Å². The van der Waals surface area contributed by atoms with Crippen molar-refractivity contribution in [3.63, 3.8) is 0 Å². The van der Waals surface area contributed by atoms with Gasteiger partial charge in [0, 0.05) is 16.1 Å². The highest BCUT2D eigenvalue weighted by molar-refractivity contribution is 6.36. The van der Waals surface area contributed by atoms with Gasteiger partial charge in [-0.1, -0.05) is 40.9 Å². The zero-order valence-electron chi connectivity index (χ0n) is 18.0. The van der Waals surface area contributed by atoms with Crippen LogP contribution in [0.4, 0.5) is 0 Å². The van der Waals surface area contributed by atoms with Gasteiger partial charge in [0.2, 0.25) is 12.3 Å². The SMILES string of the molecule is COc1ccc([C@H]2[C@H](NC(=O)c3ccc(C)cc3)C(=O)N/[N+]2=C\c2ccc(Cl)cc2Cl)cc1. The highest BCUT2D eigenvalue weighted by Gasteiger charge is 2.47. The zero-order valence-corrected chi connectivity index (χ0v) is 19.5. The van der Waals surface area contributed by atoms with Gasteiger partial charge in [0.1, 0.15) is 5.75 Å². The molecule has 0 unspecified atom stereocenters. The van der Waals surface area contributed by atoms with Gasteiger partial charge in [-0.2, -0.15) is 0 Å². The van der Waals surface area contributed by atoms with Gasteiger partial charge in [-0.15, -0.1) is 10.1 Å². The number of carbonyl (C=O) groups is 2. The Morgan fingerprint density at radius 3 is 2.39 bits per heavy atom. The average Bonchev–Trinajstić information content (AvgIpc) is 3.10. The largest absolute Gasteiger partial charge is 0.497 e. The fraction of sp³-hybridized carbons (Fsp3) is 0.160. The summed E-state index contributed by atoms with van der Waals surface area (Å²) in [6.45, 7) is 1.95. The number of aryl methyl sites for hydroxylation is 1. The van der Waals surface area contributed by atoms with Crippen LogP contribution in [0.1, 0.15) is 33.1 Å². The van der Waals surface area contributed by atoms with E-state index in [2.05, 4.69) is 10.7 Å². The van der Waals surface area contributed by atoms with Crippen molar-refractivity contribution in [1.82, 2.24) is 10.7 Å². The molecule has 0 aromatic heterocycles. The topological polar surface area (TPSA) is 70.4 Å². The lowest BCUT2D eigenvalue weighted by atomic mass is 9.99. The third-order valence-electron chi connectivity index (χ3n) is 5.44. The third kappa shape index (κ3) is 5.02. The first-order valence-electron chi connectivity index (χ1n) is 10.3. The molecule has 2 N–H and O–H groups in total. The van der Waals surface area contributed by atoms with Crippen LogP contribution in [0.25, 0.3) is 0 Å². The molecule has 33 heavy (non-hydrogen) atoms. The average molecular weight is 483 g/mol. The van der Waals surface area contributed by atoms with Gasteiger partial charge in [0.25, 0.3) is 5.91 Å². The van der Waals surface area contributed by atoms with Crippen molar-refractivity contribution in [2.75, 3.05) is 7.11 Å². The predicted octanol–water partition coefficient (Wildman–Crippen LogP) is 4.33. The van der Waals surface area contributed by atoms with Crippen molar-refractivity contribution in [3.05, 3.63) is 99.0 Å². The number of ether oxygens (including phenoxy) is 1. The second kappa shape index (κ2) is 9.65. The van der Waals surface area contributed by atoms with E-state index in [0.717, 1.165) is 11.1 Å². The molecule has 0 spiro atoms. The van der Waals surface area contributed by atoms with Gasteiger partial charge in [0.15, 0.2) is 6.04 Å². The van der Waals surface area contributed by atoms with Crippen LogP contribution in [-0.4, -0.2) is 35.9 Å². The van der Waals surface area contributed by atoms with Crippen LogP contribution in [0, 0.1) is 6.92 Å². The molecule has 0 aliphatic carbocycles. The van der Waals surface area contributed by atoms with Crippen LogP contribution in [0.2, 0.25) is 10.0 Å². The zero-order chi connectivity index (χ0) is 23.5. The summed E-state index contributed by atoms with van der Waals surface area (Å²) in [5.74, 6) is 0.0187. The van der Waals surface area contributed by atoms with Gasteiger partial charge in [-0.25, -0.2) is 0 Å². The molecule has 2 atom stereocenters. The quantitative estimate of drug-likeness (QED) is 0.531. The first-order valence-corrected chi connectivity index (χ1v) is 11.0. The summed E-state index contributed by atoms with van der Waals surface area (Å²) in [4.78, 5) is 25.9. The smallest absolute Gasteiger partial charge is 0.304 e. The minimum atomic E-state index is -0.838. The summed E-state index contributed by atoms with van der Waals surface area (Å²) in [5, 5.41) is 3.84. The molecular weight excluding hydrogens is 461 g/mol. The molecule has 4 rings (SSSR count). The molecule has 1 fully saturated rings. The molecule has 0 saturated carbocycles. The number of nitrogens with zero attached hydrogens (tertiary/aromatic N) is 1. The van der Waals surface area contributed by atoms with E-state index in [1.165, 1.54) is 0 Å². The monoisotopic (exact) mass is 482 g/mol. The van der Waals surface area contributed by atoms with Crippen LogP contribution in [0.15, 0.2) is 66.7 Å². The van der Waals surface area contributed by atoms with E-state index < -0.39 is 12.1 Å². The van der Waals surface area contributed by atoms with Crippen molar-refractivity contribution in [1.29, 1.82) is 0 Å². The Hall–Kier alpha value is -3.35. The maximum atomic E-state index is 13.0. The van der Waals surface area contributed by atoms with E-state index in [0.29, 0.717) is 26.9 Å². The minimum Gasteiger partial charge on any atom is -0.497 e. The van der Waals surface area contributed by atoms with Crippen LogP contribution >= 0.6 is 23.2 Å². The second-order valence-corrected chi connectivity index (χ2v) is 8.56. The Morgan fingerprint density at radius 2 is 1.76 bits per heavy atom. The van der Waals surface area contributed by atoms with Crippen molar-refractivity contribution >= 4 is 41.2 Å². The van der Waals surface area contributed by atoms with E-state index in [1.54, 1.807) is 48.3 Å². The van der Waals surface area contributed by atoms with Gasteiger partial charge in [-0.3, -0.25) is 9.59 Å². The van der Waals surface area contributed by atoms with Crippen LogP contribution < -0.4 is 15.5 Å². The van der Waals surface area contributed by atoms with E-state index in [4.69, 9.17) is 27.9 Å². The van der Waals surface area contributed by atoms with E-state index in [9.17, 15) is 9.59 Å². The standard InChI is InChI=1S/C25H21Cl2N3O3/c1-15-3-5-17(6-4-15)24(31)28-22-23(16-8-11-20(33-2)12-9-16)30(29-25(22)32)14-18-7-10-19(26)13-21(18)27/h3-14,22-23H,1-2H3,(H-,28,29,31,32)/p+1/b30-14-/t22-,23-/m0/s1. The minimum absolute atomic E-state index is 0.333.